The first-order valence-electron chi connectivity index (χ1n) is 10.2. The molecule has 0 spiro atoms. The molecule has 1 amide bonds. The second-order valence-electron chi connectivity index (χ2n) is 7.67. The third kappa shape index (κ3) is 6.39. The minimum absolute atomic E-state index is 0.0473. The standard InChI is InChI=1S/C24H26ClFN2O3/c1-17-15-27(16-18-3-8-22(26)9-4-18)11-12-28(17)23(29)10-6-19-5-7-21(25)13-20(19)14-24(30)31-2/h3-10,13,17H,11-12,14-16H2,1-2H3. The summed E-state index contributed by atoms with van der Waals surface area (Å²) in [5.74, 6) is -0.684. The largest absolute Gasteiger partial charge is 0.469 e. The summed E-state index contributed by atoms with van der Waals surface area (Å²) in [5.41, 5.74) is 2.51. The molecule has 1 saturated heterocycles. The van der Waals surface area contributed by atoms with Crippen LogP contribution >= 0.6 is 11.6 Å². The molecule has 0 aliphatic carbocycles. The monoisotopic (exact) mass is 444 g/mol. The van der Waals surface area contributed by atoms with Crippen molar-refractivity contribution in [2.75, 3.05) is 26.7 Å². The lowest BCUT2D eigenvalue weighted by atomic mass is 10.0. The smallest absolute Gasteiger partial charge is 0.310 e. The first-order valence-corrected chi connectivity index (χ1v) is 10.5. The molecule has 0 saturated carbocycles. The summed E-state index contributed by atoms with van der Waals surface area (Å²) in [6.07, 6.45) is 3.34. The summed E-state index contributed by atoms with van der Waals surface area (Å²) >= 11 is 6.05. The van der Waals surface area contributed by atoms with Crippen LogP contribution in [-0.4, -0.2) is 54.5 Å². The van der Waals surface area contributed by atoms with Crippen molar-refractivity contribution in [1.82, 2.24) is 9.80 Å². The number of nitrogens with zero attached hydrogens (tertiary/aromatic N) is 2. The second kappa shape index (κ2) is 10.6. The topological polar surface area (TPSA) is 49.9 Å². The number of hydrogen-bond donors (Lipinski definition) is 0. The summed E-state index contributed by atoms with van der Waals surface area (Å²) in [6, 6.07) is 11.8. The van der Waals surface area contributed by atoms with Crippen molar-refractivity contribution in [2.24, 2.45) is 0 Å². The lowest BCUT2D eigenvalue weighted by Gasteiger charge is -2.39. The number of benzene rings is 2. The number of rotatable bonds is 6. The molecule has 2 aromatic carbocycles. The highest BCUT2D eigenvalue weighted by Crippen LogP contribution is 2.20. The van der Waals surface area contributed by atoms with Gasteiger partial charge in [-0.05, 0) is 54.0 Å². The quantitative estimate of drug-likeness (QED) is 0.500. The van der Waals surface area contributed by atoms with Gasteiger partial charge in [0.15, 0.2) is 0 Å². The van der Waals surface area contributed by atoms with Crippen molar-refractivity contribution < 1.29 is 18.7 Å². The molecule has 1 aliphatic rings. The van der Waals surface area contributed by atoms with Gasteiger partial charge in [0.25, 0.3) is 0 Å². The summed E-state index contributed by atoms with van der Waals surface area (Å²) in [5, 5.41) is 0.522. The van der Waals surface area contributed by atoms with Crippen molar-refractivity contribution in [2.45, 2.75) is 25.9 Å². The van der Waals surface area contributed by atoms with Gasteiger partial charge in [0.05, 0.1) is 13.5 Å². The summed E-state index contributed by atoms with van der Waals surface area (Å²) < 4.78 is 17.8. The van der Waals surface area contributed by atoms with Crippen LogP contribution in [0.1, 0.15) is 23.6 Å². The molecule has 31 heavy (non-hydrogen) atoms. The predicted molar refractivity (Wildman–Crippen MR) is 119 cm³/mol. The number of piperazine rings is 1. The summed E-state index contributed by atoms with van der Waals surface area (Å²) in [4.78, 5) is 28.6. The van der Waals surface area contributed by atoms with Crippen LogP contribution < -0.4 is 0 Å². The molecular formula is C24H26ClFN2O3. The molecule has 1 fully saturated rings. The predicted octanol–water partition coefficient (Wildman–Crippen LogP) is 3.94. The Morgan fingerprint density at radius 2 is 1.94 bits per heavy atom. The van der Waals surface area contributed by atoms with Crippen LogP contribution in [0.2, 0.25) is 5.02 Å². The fourth-order valence-corrected chi connectivity index (χ4v) is 3.92. The second-order valence-corrected chi connectivity index (χ2v) is 8.11. The van der Waals surface area contributed by atoms with E-state index in [4.69, 9.17) is 16.3 Å². The third-order valence-corrected chi connectivity index (χ3v) is 5.62. The van der Waals surface area contributed by atoms with E-state index >= 15 is 0 Å². The van der Waals surface area contributed by atoms with E-state index in [1.165, 1.54) is 25.3 Å². The van der Waals surface area contributed by atoms with Gasteiger partial charge in [-0.2, -0.15) is 0 Å². The molecule has 1 unspecified atom stereocenters. The molecule has 3 rings (SSSR count). The van der Waals surface area contributed by atoms with E-state index in [0.717, 1.165) is 30.8 Å². The van der Waals surface area contributed by atoms with Crippen molar-refractivity contribution >= 4 is 29.6 Å². The minimum atomic E-state index is -0.367. The number of carbonyl (C=O) groups excluding carboxylic acids is 2. The Labute approximate surface area is 187 Å². The lowest BCUT2D eigenvalue weighted by Crippen LogP contribution is -2.53. The van der Waals surface area contributed by atoms with Gasteiger partial charge >= 0.3 is 5.97 Å². The highest BCUT2D eigenvalue weighted by atomic mass is 35.5. The average Bonchev–Trinajstić information content (AvgIpc) is 2.74. The van der Waals surface area contributed by atoms with Gasteiger partial charge in [-0.15, -0.1) is 0 Å². The van der Waals surface area contributed by atoms with Crippen LogP contribution in [0.3, 0.4) is 0 Å². The highest BCUT2D eigenvalue weighted by molar-refractivity contribution is 6.30. The maximum atomic E-state index is 13.1. The first kappa shape index (κ1) is 23.0. The van der Waals surface area contributed by atoms with Gasteiger partial charge in [0, 0.05) is 43.3 Å². The van der Waals surface area contributed by atoms with Crippen LogP contribution in [0, 0.1) is 5.82 Å². The number of amides is 1. The Morgan fingerprint density at radius 3 is 2.61 bits per heavy atom. The fraction of sp³-hybridized carbons (Fsp3) is 0.333. The Bertz CT molecular complexity index is 962. The Hall–Kier alpha value is -2.70. The van der Waals surface area contributed by atoms with Crippen LogP contribution in [0.4, 0.5) is 4.39 Å². The maximum Gasteiger partial charge on any atom is 0.310 e. The molecule has 2 aromatic rings. The maximum absolute atomic E-state index is 13.1. The van der Waals surface area contributed by atoms with Gasteiger partial charge in [-0.3, -0.25) is 14.5 Å². The Kier molecular flexibility index (Phi) is 7.82. The van der Waals surface area contributed by atoms with Crippen molar-refractivity contribution in [3.8, 4) is 0 Å². The lowest BCUT2D eigenvalue weighted by molar-refractivity contribution is -0.139. The van der Waals surface area contributed by atoms with Gasteiger partial charge in [-0.1, -0.05) is 29.8 Å². The van der Waals surface area contributed by atoms with E-state index in [-0.39, 0.29) is 30.2 Å². The normalized spacial score (nSPS) is 17.2. The molecular weight excluding hydrogens is 419 g/mol. The first-order chi connectivity index (χ1) is 14.9. The third-order valence-electron chi connectivity index (χ3n) is 5.39. The van der Waals surface area contributed by atoms with Crippen LogP contribution in [0.25, 0.3) is 6.08 Å². The molecule has 0 bridgehead atoms. The molecule has 0 radical (unpaired) electrons. The van der Waals surface area contributed by atoms with E-state index < -0.39 is 0 Å². The van der Waals surface area contributed by atoms with Crippen molar-refractivity contribution in [3.63, 3.8) is 0 Å². The van der Waals surface area contributed by atoms with Gasteiger partial charge < -0.3 is 9.64 Å². The zero-order chi connectivity index (χ0) is 22.4. The fourth-order valence-electron chi connectivity index (χ4n) is 3.73. The highest BCUT2D eigenvalue weighted by Gasteiger charge is 2.26. The van der Waals surface area contributed by atoms with E-state index in [2.05, 4.69) is 4.90 Å². The van der Waals surface area contributed by atoms with Gasteiger partial charge in [-0.25, -0.2) is 4.39 Å². The molecule has 164 valence electrons. The number of methoxy groups -OCH3 is 1. The van der Waals surface area contributed by atoms with E-state index in [1.807, 2.05) is 11.8 Å². The number of hydrogen-bond acceptors (Lipinski definition) is 4. The van der Waals surface area contributed by atoms with Gasteiger partial charge in [0.1, 0.15) is 5.82 Å². The Balaban J connectivity index is 1.61. The SMILES string of the molecule is COC(=O)Cc1cc(Cl)ccc1C=CC(=O)N1CCN(Cc2ccc(F)cc2)CC1C. The van der Waals surface area contributed by atoms with E-state index in [1.54, 1.807) is 36.4 Å². The van der Waals surface area contributed by atoms with E-state index in [0.29, 0.717) is 17.1 Å². The number of carbonyl (C=O) groups is 2. The number of ether oxygens (including phenoxy) is 1. The molecule has 0 aromatic heterocycles. The molecule has 0 N–H and O–H groups in total. The van der Waals surface area contributed by atoms with Crippen LogP contribution in [-0.2, 0) is 27.3 Å². The Morgan fingerprint density at radius 1 is 1.19 bits per heavy atom. The molecule has 7 heteroatoms. The van der Waals surface area contributed by atoms with Crippen LogP contribution in [0.15, 0.2) is 48.5 Å². The molecule has 1 heterocycles. The zero-order valence-corrected chi connectivity index (χ0v) is 18.4. The van der Waals surface area contributed by atoms with Crippen LogP contribution in [0.5, 0.6) is 0 Å². The van der Waals surface area contributed by atoms with Gasteiger partial charge in [0.2, 0.25) is 5.91 Å². The molecule has 1 aliphatic heterocycles. The minimum Gasteiger partial charge on any atom is -0.469 e. The zero-order valence-electron chi connectivity index (χ0n) is 17.7. The summed E-state index contributed by atoms with van der Waals surface area (Å²) in [6.45, 7) is 4.85. The molecule has 1 atom stereocenters. The van der Waals surface area contributed by atoms with Crippen molar-refractivity contribution in [3.05, 3.63) is 76.1 Å². The number of halogens is 2. The average molecular weight is 445 g/mol. The van der Waals surface area contributed by atoms with Crippen molar-refractivity contribution in [1.29, 1.82) is 0 Å². The molecule has 5 nitrogen and oxygen atoms in total. The number of esters is 1. The summed E-state index contributed by atoms with van der Waals surface area (Å²) in [7, 11) is 1.34. The van der Waals surface area contributed by atoms with E-state index in [9.17, 15) is 14.0 Å².